The molecule has 0 spiro atoms. The number of ether oxygens (including phenoxy) is 1. The Morgan fingerprint density at radius 3 is 2.55 bits per heavy atom. The van der Waals surface area contributed by atoms with Gasteiger partial charge in [0.2, 0.25) is 0 Å². The molecule has 3 fully saturated rings. The van der Waals surface area contributed by atoms with E-state index in [2.05, 4.69) is 36.2 Å². The Bertz CT molecular complexity index is 1040. The van der Waals surface area contributed by atoms with E-state index in [9.17, 15) is 9.18 Å². The molecule has 33 heavy (non-hydrogen) atoms. The van der Waals surface area contributed by atoms with E-state index in [0.29, 0.717) is 12.3 Å². The van der Waals surface area contributed by atoms with Crippen LogP contribution in [0.2, 0.25) is 0 Å². The maximum Gasteiger partial charge on any atom is 0.407 e. The van der Waals surface area contributed by atoms with Crippen LogP contribution in [-0.4, -0.2) is 36.7 Å². The first-order valence-corrected chi connectivity index (χ1v) is 12.4. The zero-order valence-corrected chi connectivity index (χ0v) is 20.0. The average molecular weight is 451 g/mol. The van der Waals surface area contributed by atoms with Gasteiger partial charge in [0, 0.05) is 6.54 Å². The first-order valence-electron chi connectivity index (χ1n) is 12.4. The molecule has 6 rings (SSSR count). The van der Waals surface area contributed by atoms with Crippen LogP contribution < -0.4 is 5.32 Å². The molecule has 3 aliphatic heterocycles. The minimum Gasteiger partial charge on any atom is -0.445 e. The van der Waals surface area contributed by atoms with Crippen LogP contribution in [-0.2, 0) is 17.6 Å². The number of nitrogens with one attached hydrogen (secondary N) is 1. The Morgan fingerprint density at radius 2 is 1.88 bits per heavy atom. The topological polar surface area (TPSA) is 41.6 Å². The van der Waals surface area contributed by atoms with Crippen LogP contribution in [0.15, 0.2) is 36.4 Å². The lowest BCUT2D eigenvalue weighted by Gasteiger charge is -2.44. The molecule has 0 aromatic heterocycles. The second kappa shape index (κ2) is 8.75. The smallest absolute Gasteiger partial charge is 0.407 e. The number of hydrogen-bond acceptors (Lipinski definition) is 3. The predicted octanol–water partition coefficient (Wildman–Crippen LogP) is 5.89. The standard InChI is InChI=1S/C28H35FN2O2/c1-4-18-5-6-21(16-24(18)29)20-7-8-23-22(15-20)9-12-28(2,3)26(23)30-27(32)33-25-17-31-13-10-19(25)11-14-31/h5-8,15-16,19,25-26H,4,9-14,17H2,1-3H3,(H,30,32)/t25-,26+/m1/s1. The van der Waals surface area contributed by atoms with E-state index in [4.69, 9.17) is 4.74 Å². The van der Waals surface area contributed by atoms with Crippen LogP contribution in [0.25, 0.3) is 11.1 Å². The Kier molecular flexibility index (Phi) is 5.94. The van der Waals surface area contributed by atoms with Crippen molar-refractivity contribution < 1.29 is 13.9 Å². The second-order valence-electron chi connectivity index (χ2n) is 10.7. The van der Waals surface area contributed by atoms with Crippen molar-refractivity contribution in [1.82, 2.24) is 10.2 Å². The number of halogens is 1. The quantitative estimate of drug-likeness (QED) is 0.632. The summed E-state index contributed by atoms with van der Waals surface area (Å²) in [6.07, 6.45) is 4.55. The number of piperidine rings is 3. The highest BCUT2D eigenvalue weighted by molar-refractivity contribution is 5.70. The third kappa shape index (κ3) is 4.40. The van der Waals surface area contributed by atoms with Crippen molar-refractivity contribution in [2.24, 2.45) is 11.3 Å². The molecule has 5 heteroatoms. The molecule has 0 unspecified atom stereocenters. The minimum absolute atomic E-state index is 0.00189. The number of carbonyl (C=O) groups excluding carboxylic acids is 1. The third-order valence-electron chi connectivity index (χ3n) is 8.16. The summed E-state index contributed by atoms with van der Waals surface area (Å²) in [4.78, 5) is 15.3. The fraction of sp³-hybridized carbons (Fsp3) is 0.536. The molecule has 2 aromatic rings. The fourth-order valence-corrected chi connectivity index (χ4v) is 5.93. The van der Waals surface area contributed by atoms with Gasteiger partial charge in [0.05, 0.1) is 6.04 Å². The normalized spacial score (nSPS) is 27.6. The molecule has 1 N–H and O–H groups in total. The molecule has 4 aliphatic rings. The van der Waals surface area contributed by atoms with Crippen molar-refractivity contribution in [3.8, 4) is 11.1 Å². The molecule has 4 nitrogen and oxygen atoms in total. The van der Waals surface area contributed by atoms with Crippen molar-refractivity contribution in [2.75, 3.05) is 19.6 Å². The highest BCUT2D eigenvalue weighted by atomic mass is 19.1. The lowest BCUT2D eigenvalue weighted by atomic mass is 9.70. The number of rotatable bonds is 4. The molecule has 176 valence electrons. The van der Waals surface area contributed by atoms with Gasteiger partial charge in [0.1, 0.15) is 11.9 Å². The maximum atomic E-state index is 14.4. The molecular weight excluding hydrogens is 415 g/mol. The Labute approximate surface area is 196 Å². The fourth-order valence-electron chi connectivity index (χ4n) is 5.93. The summed E-state index contributed by atoms with van der Waals surface area (Å²) in [5.41, 5.74) is 4.94. The number of benzene rings is 2. The number of fused-ring (bicyclic) bond motifs is 4. The highest BCUT2D eigenvalue weighted by Gasteiger charge is 2.40. The van der Waals surface area contributed by atoms with Crippen molar-refractivity contribution >= 4 is 6.09 Å². The van der Waals surface area contributed by atoms with Gasteiger partial charge in [-0.15, -0.1) is 0 Å². The van der Waals surface area contributed by atoms with E-state index in [1.54, 1.807) is 6.07 Å². The molecule has 1 aliphatic carbocycles. The van der Waals surface area contributed by atoms with E-state index in [-0.39, 0.29) is 29.5 Å². The van der Waals surface area contributed by atoms with E-state index in [1.165, 1.54) is 5.56 Å². The molecular formula is C28H35FN2O2. The largest absolute Gasteiger partial charge is 0.445 e. The lowest BCUT2D eigenvalue weighted by molar-refractivity contribution is -0.0353. The van der Waals surface area contributed by atoms with E-state index in [1.807, 2.05) is 25.1 Å². The lowest BCUT2D eigenvalue weighted by Crippen LogP contribution is -2.53. The highest BCUT2D eigenvalue weighted by Crippen LogP contribution is 2.44. The molecule has 2 bridgehead atoms. The summed E-state index contributed by atoms with van der Waals surface area (Å²) in [5.74, 6) is 0.346. The van der Waals surface area contributed by atoms with Gasteiger partial charge in [-0.25, -0.2) is 9.18 Å². The van der Waals surface area contributed by atoms with Crippen molar-refractivity contribution in [3.63, 3.8) is 0 Å². The second-order valence-corrected chi connectivity index (χ2v) is 10.7. The Balaban J connectivity index is 1.35. The Hall–Kier alpha value is -2.40. The van der Waals surface area contributed by atoms with Gasteiger partial charge in [0.15, 0.2) is 0 Å². The predicted molar refractivity (Wildman–Crippen MR) is 129 cm³/mol. The molecule has 0 saturated carbocycles. The van der Waals surface area contributed by atoms with Gasteiger partial charge in [-0.3, -0.25) is 4.90 Å². The first-order chi connectivity index (χ1) is 15.8. The molecule has 1 amide bonds. The number of aryl methyl sites for hydroxylation is 2. The van der Waals surface area contributed by atoms with Gasteiger partial charge in [0.25, 0.3) is 0 Å². The summed E-state index contributed by atoms with van der Waals surface area (Å²) >= 11 is 0. The van der Waals surface area contributed by atoms with Crippen LogP contribution in [0, 0.1) is 17.2 Å². The first kappa shape index (κ1) is 22.4. The van der Waals surface area contributed by atoms with Crippen molar-refractivity contribution in [2.45, 2.75) is 65.0 Å². The number of alkyl carbamates (subject to hydrolysis) is 1. The van der Waals surface area contributed by atoms with Crippen molar-refractivity contribution in [1.29, 1.82) is 0 Å². The third-order valence-corrected chi connectivity index (χ3v) is 8.16. The van der Waals surface area contributed by atoms with Gasteiger partial charge in [-0.2, -0.15) is 0 Å². The summed E-state index contributed by atoms with van der Waals surface area (Å²) in [6, 6.07) is 11.7. The number of carbonyl (C=O) groups is 1. The van der Waals surface area contributed by atoms with E-state index in [0.717, 1.165) is 67.6 Å². The van der Waals surface area contributed by atoms with Crippen LogP contribution in [0.5, 0.6) is 0 Å². The molecule has 2 atom stereocenters. The van der Waals surface area contributed by atoms with E-state index >= 15 is 0 Å². The van der Waals surface area contributed by atoms with Gasteiger partial charge in [-0.05, 0) is 90.4 Å². The van der Waals surface area contributed by atoms with Crippen LogP contribution in [0.3, 0.4) is 0 Å². The summed E-state index contributed by atoms with van der Waals surface area (Å²) in [7, 11) is 0. The number of amides is 1. The monoisotopic (exact) mass is 450 g/mol. The molecule has 0 radical (unpaired) electrons. The summed E-state index contributed by atoms with van der Waals surface area (Å²) < 4.78 is 20.3. The number of hydrogen-bond donors (Lipinski definition) is 1. The van der Waals surface area contributed by atoms with Crippen LogP contribution >= 0.6 is 0 Å². The number of nitrogens with zero attached hydrogens (tertiary/aromatic N) is 1. The SMILES string of the molecule is CCc1ccc(-c2ccc3c(c2)CCC(C)(C)[C@H]3NC(=O)O[C@@H]2CN3CCC2CC3)cc1F. The van der Waals surface area contributed by atoms with E-state index < -0.39 is 0 Å². The van der Waals surface area contributed by atoms with Gasteiger partial charge in [-0.1, -0.05) is 51.1 Å². The van der Waals surface area contributed by atoms with Crippen molar-refractivity contribution in [3.05, 3.63) is 58.9 Å². The van der Waals surface area contributed by atoms with Crippen LogP contribution in [0.1, 0.15) is 62.8 Å². The van der Waals surface area contributed by atoms with Crippen LogP contribution in [0.4, 0.5) is 9.18 Å². The average Bonchev–Trinajstić information content (AvgIpc) is 2.81. The molecule has 3 heterocycles. The van der Waals surface area contributed by atoms with Gasteiger partial charge >= 0.3 is 6.09 Å². The molecule has 2 aromatic carbocycles. The summed E-state index contributed by atoms with van der Waals surface area (Å²) in [5, 5.41) is 3.22. The molecule has 3 saturated heterocycles. The summed E-state index contributed by atoms with van der Waals surface area (Å²) in [6.45, 7) is 9.50. The Morgan fingerprint density at radius 1 is 1.15 bits per heavy atom. The zero-order chi connectivity index (χ0) is 23.2. The minimum atomic E-state index is -0.305. The van der Waals surface area contributed by atoms with Gasteiger partial charge < -0.3 is 10.1 Å². The maximum absolute atomic E-state index is 14.4. The zero-order valence-electron chi connectivity index (χ0n) is 20.0.